The van der Waals surface area contributed by atoms with Crippen LogP contribution < -0.4 is 4.74 Å². The summed E-state index contributed by atoms with van der Waals surface area (Å²) in [5.74, 6) is 1.28. The summed E-state index contributed by atoms with van der Waals surface area (Å²) in [7, 11) is 3.44. The number of nitrogens with zero attached hydrogens (tertiary/aromatic N) is 2. The Balaban J connectivity index is 1.90. The van der Waals surface area contributed by atoms with Crippen LogP contribution in [0.15, 0.2) is 18.2 Å². The van der Waals surface area contributed by atoms with Crippen LogP contribution in [0, 0.1) is 0 Å². The van der Waals surface area contributed by atoms with Crippen molar-refractivity contribution in [2.75, 3.05) is 27.2 Å². The molecule has 22 heavy (non-hydrogen) atoms. The summed E-state index contributed by atoms with van der Waals surface area (Å²) in [6, 6.07) is 6.77. The van der Waals surface area contributed by atoms with Crippen molar-refractivity contribution in [3.05, 3.63) is 29.3 Å². The summed E-state index contributed by atoms with van der Waals surface area (Å²) in [5, 5.41) is 0. The number of amides is 1. The standard InChI is InChI=1S/C18H26N2O2/c1-4-11-20-12-10-14-15(20)9-8-13-6-5-7-16(17(13)14)22-18(21)19(2)3/h5-7,14-15H,4,8-12H2,1-3H3/t14-,15-/m0/s1. The molecule has 1 heterocycles. The number of ether oxygens (including phenoxy) is 1. The molecule has 2 atom stereocenters. The van der Waals surface area contributed by atoms with Crippen molar-refractivity contribution in [2.24, 2.45) is 0 Å². The zero-order valence-corrected chi connectivity index (χ0v) is 13.8. The normalized spacial score (nSPS) is 23.8. The zero-order valence-electron chi connectivity index (χ0n) is 13.8. The van der Waals surface area contributed by atoms with Crippen LogP contribution in [-0.4, -0.2) is 49.1 Å². The lowest BCUT2D eigenvalue weighted by Crippen LogP contribution is -2.36. The van der Waals surface area contributed by atoms with Gasteiger partial charge in [-0.25, -0.2) is 4.79 Å². The molecule has 0 bridgehead atoms. The van der Waals surface area contributed by atoms with Crippen molar-refractivity contribution in [1.29, 1.82) is 0 Å². The molecule has 4 heteroatoms. The molecule has 1 aromatic rings. The van der Waals surface area contributed by atoms with Crippen LogP contribution in [0.4, 0.5) is 4.79 Å². The summed E-state index contributed by atoms with van der Waals surface area (Å²) in [6.07, 6.45) is 4.40. The molecule has 1 amide bonds. The second kappa shape index (κ2) is 6.29. The summed E-state index contributed by atoms with van der Waals surface area (Å²) >= 11 is 0. The van der Waals surface area contributed by atoms with Crippen molar-refractivity contribution in [3.8, 4) is 5.75 Å². The fraction of sp³-hybridized carbons (Fsp3) is 0.611. The minimum atomic E-state index is -0.293. The molecular weight excluding hydrogens is 276 g/mol. The van der Waals surface area contributed by atoms with Crippen molar-refractivity contribution >= 4 is 6.09 Å². The Labute approximate surface area is 133 Å². The average molecular weight is 302 g/mol. The molecular formula is C18H26N2O2. The van der Waals surface area contributed by atoms with Crippen molar-refractivity contribution < 1.29 is 9.53 Å². The molecule has 3 rings (SSSR count). The molecule has 0 N–H and O–H groups in total. The Morgan fingerprint density at radius 2 is 2.18 bits per heavy atom. The van der Waals surface area contributed by atoms with Gasteiger partial charge in [0.2, 0.25) is 0 Å². The molecule has 1 aromatic carbocycles. The minimum absolute atomic E-state index is 0.293. The van der Waals surface area contributed by atoms with Crippen LogP contribution in [0.2, 0.25) is 0 Å². The Hall–Kier alpha value is -1.55. The fourth-order valence-electron chi connectivity index (χ4n) is 4.01. The molecule has 0 aromatic heterocycles. The van der Waals surface area contributed by atoms with Crippen LogP contribution in [0.1, 0.15) is 43.2 Å². The molecule has 120 valence electrons. The summed E-state index contributed by atoms with van der Waals surface area (Å²) in [4.78, 5) is 16.1. The highest BCUT2D eigenvalue weighted by atomic mass is 16.6. The second-order valence-electron chi connectivity index (χ2n) is 6.63. The lowest BCUT2D eigenvalue weighted by Gasteiger charge is -2.34. The molecule has 0 saturated carbocycles. The third-order valence-electron chi connectivity index (χ3n) is 4.97. The van der Waals surface area contributed by atoms with E-state index in [1.54, 1.807) is 14.1 Å². The lowest BCUT2D eigenvalue weighted by atomic mass is 9.79. The third-order valence-corrected chi connectivity index (χ3v) is 4.97. The molecule has 2 aliphatic rings. The number of likely N-dealkylation sites (tertiary alicyclic amines) is 1. The summed E-state index contributed by atoms with van der Waals surface area (Å²) in [5.41, 5.74) is 2.65. The van der Waals surface area contributed by atoms with Crippen molar-refractivity contribution in [1.82, 2.24) is 9.80 Å². The van der Waals surface area contributed by atoms with Crippen LogP contribution >= 0.6 is 0 Å². The van der Waals surface area contributed by atoms with Gasteiger partial charge in [-0.3, -0.25) is 4.90 Å². The minimum Gasteiger partial charge on any atom is -0.410 e. The Kier molecular flexibility index (Phi) is 4.39. The zero-order chi connectivity index (χ0) is 15.7. The molecule has 0 spiro atoms. The van der Waals surface area contributed by atoms with Gasteiger partial charge < -0.3 is 9.64 Å². The van der Waals surface area contributed by atoms with Gasteiger partial charge in [0.05, 0.1) is 0 Å². The van der Waals surface area contributed by atoms with Crippen LogP contribution in [-0.2, 0) is 6.42 Å². The maximum Gasteiger partial charge on any atom is 0.414 e. The van der Waals surface area contributed by atoms with Crippen molar-refractivity contribution in [2.45, 2.75) is 44.6 Å². The van der Waals surface area contributed by atoms with Crippen molar-refractivity contribution in [3.63, 3.8) is 0 Å². The SMILES string of the molecule is CCCN1CC[C@@H]2c3c(cccc3OC(=O)N(C)C)CC[C@@H]21. The number of rotatable bonds is 3. The van der Waals surface area contributed by atoms with E-state index in [2.05, 4.69) is 17.9 Å². The Morgan fingerprint density at radius 3 is 2.91 bits per heavy atom. The number of benzene rings is 1. The van der Waals surface area contributed by atoms with Gasteiger partial charge in [0.25, 0.3) is 0 Å². The van der Waals surface area contributed by atoms with Crippen LogP contribution in [0.5, 0.6) is 5.75 Å². The van der Waals surface area contributed by atoms with Gasteiger partial charge in [-0.2, -0.15) is 0 Å². The Morgan fingerprint density at radius 1 is 1.36 bits per heavy atom. The Bertz CT molecular complexity index is 556. The number of fused-ring (bicyclic) bond motifs is 3. The monoisotopic (exact) mass is 302 g/mol. The van der Waals surface area contributed by atoms with E-state index in [9.17, 15) is 4.79 Å². The molecule has 1 fully saturated rings. The first-order valence-corrected chi connectivity index (χ1v) is 8.36. The predicted molar refractivity (Wildman–Crippen MR) is 87.5 cm³/mol. The smallest absolute Gasteiger partial charge is 0.410 e. The van der Waals surface area contributed by atoms with Gasteiger partial charge in [-0.1, -0.05) is 19.1 Å². The molecule has 1 aliphatic heterocycles. The maximum absolute atomic E-state index is 12.0. The first kappa shape index (κ1) is 15.3. The predicted octanol–water partition coefficient (Wildman–Crippen LogP) is 3.26. The van der Waals surface area contributed by atoms with Gasteiger partial charge in [-0.05, 0) is 50.4 Å². The second-order valence-corrected chi connectivity index (χ2v) is 6.63. The third kappa shape index (κ3) is 2.72. The number of carbonyl (C=O) groups is 1. The first-order chi connectivity index (χ1) is 10.6. The van der Waals surface area contributed by atoms with E-state index in [-0.39, 0.29) is 6.09 Å². The molecule has 1 aliphatic carbocycles. The summed E-state index contributed by atoms with van der Waals surface area (Å²) < 4.78 is 5.65. The number of carbonyl (C=O) groups excluding carboxylic acids is 1. The van der Waals surface area contributed by atoms with Gasteiger partial charge in [0, 0.05) is 31.6 Å². The topological polar surface area (TPSA) is 32.8 Å². The highest BCUT2D eigenvalue weighted by Crippen LogP contribution is 2.45. The van der Waals surface area contributed by atoms with E-state index in [0.717, 1.165) is 12.2 Å². The fourth-order valence-corrected chi connectivity index (χ4v) is 4.01. The van der Waals surface area contributed by atoms with E-state index >= 15 is 0 Å². The summed E-state index contributed by atoms with van der Waals surface area (Å²) in [6.45, 7) is 4.59. The number of aryl methyl sites for hydroxylation is 1. The number of hydrogen-bond acceptors (Lipinski definition) is 3. The quantitative estimate of drug-likeness (QED) is 0.859. The van der Waals surface area contributed by atoms with E-state index in [0.29, 0.717) is 12.0 Å². The van der Waals surface area contributed by atoms with Crippen LogP contribution in [0.25, 0.3) is 0 Å². The van der Waals surface area contributed by atoms with E-state index in [1.165, 1.54) is 48.4 Å². The van der Waals surface area contributed by atoms with E-state index in [1.807, 2.05) is 12.1 Å². The van der Waals surface area contributed by atoms with E-state index < -0.39 is 0 Å². The largest absolute Gasteiger partial charge is 0.414 e. The van der Waals surface area contributed by atoms with Gasteiger partial charge in [0.15, 0.2) is 0 Å². The lowest BCUT2D eigenvalue weighted by molar-refractivity contribution is 0.170. The average Bonchev–Trinajstić information content (AvgIpc) is 2.91. The highest BCUT2D eigenvalue weighted by molar-refractivity contribution is 5.71. The molecule has 1 saturated heterocycles. The number of hydrogen-bond donors (Lipinski definition) is 0. The van der Waals surface area contributed by atoms with Gasteiger partial charge in [-0.15, -0.1) is 0 Å². The van der Waals surface area contributed by atoms with Gasteiger partial charge >= 0.3 is 6.09 Å². The van der Waals surface area contributed by atoms with Gasteiger partial charge in [0.1, 0.15) is 5.75 Å². The molecule has 0 unspecified atom stereocenters. The van der Waals surface area contributed by atoms with Crippen LogP contribution in [0.3, 0.4) is 0 Å². The van der Waals surface area contributed by atoms with E-state index in [4.69, 9.17) is 4.74 Å². The molecule has 0 radical (unpaired) electrons. The first-order valence-electron chi connectivity index (χ1n) is 8.36. The molecule has 4 nitrogen and oxygen atoms in total. The maximum atomic E-state index is 12.0. The highest BCUT2D eigenvalue weighted by Gasteiger charge is 2.39.